The SMILES string of the molecule is [B][C@H]1O[C@@H](CO)C(O)[C@H]1C. The van der Waals surface area contributed by atoms with Gasteiger partial charge in [0.1, 0.15) is 14.0 Å². The number of aliphatic hydroxyl groups is 2. The predicted molar refractivity (Wildman–Crippen MR) is 36.7 cm³/mol. The van der Waals surface area contributed by atoms with Crippen molar-refractivity contribution in [1.82, 2.24) is 0 Å². The van der Waals surface area contributed by atoms with Crippen LogP contribution in [-0.2, 0) is 4.74 Å². The number of ether oxygens (including phenoxy) is 1. The second-order valence-corrected chi connectivity index (χ2v) is 2.67. The molecular weight excluding hydrogens is 131 g/mol. The monoisotopic (exact) mass is 142 g/mol. The maximum Gasteiger partial charge on any atom is 0.109 e. The highest BCUT2D eigenvalue weighted by Crippen LogP contribution is 2.23. The Balaban J connectivity index is 2.53. The third-order valence-corrected chi connectivity index (χ3v) is 1.95. The summed E-state index contributed by atoms with van der Waals surface area (Å²) in [5.74, 6) is -0.0860. The molecular formula is C6H11BO3. The van der Waals surface area contributed by atoms with E-state index in [1.54, 1.807) is 6.92 Å². The van der Waals surface area contributed by atoms with E-state index in [4.69, 9.17) is 17.7 Å². The third kappa shape index (κ3) is 1.19. The lowest BCUT2D eigenvalue weighted by Crippen LogP contribution is -2.28. The van der Waals surface area contributed by atoms with Gasteiger partial charge >= 0.3 is 0 Å². The molecule has 1 aliphatic rings. The lowest BCUT2D eigenvalue weighted by Gasteiger charge is -2.11. The zero-order valence-corrected chi connectivity index (χ0v) is 5.90. The first-order valence-electron chi connectivity index (χ1n) is 3.36. The molecule has 1 heterocycles. The van der Waals surface area contributed by atoms with Crippen LogP contribution in [0.25, 0.3) is 0 Å². The van der Waals surface area contributed by atoms with E-state index in [-0.39, 0.29) is 12.5 Å². The molecule has 0 aliphatic carbocycles. The van der Waals surface area contributed by atoms with E-state index in [0.29, 0.717) is 0 Å². The lowest BCUT2D eigenvalue weighted by molar-refractivity contribution is -0.00490. The van der Waals surface area contributed by atoms with Gasteiger partial charge in [-0.3, -0.25) is 0 Å². The number of hydrogen-bond donors (Lipinski definition) is 2. The molecule has 56 valence electrons. The molecule has 0 aromatic rings. The van der Waals surface area contributed by atoms with Gasteiger partial charge < -0.3 is 14.9 Å². The van der Waals surface area contributed by atoms with Gasteiger partial charge in [-0.25, -0.2) is 0 Å². The van der Waals surface area contributed by atoms with Crippen LogP contribution >= 0.6 is 0 Å². The Hall–Kier alpha value is -0.0551. The van der Waals surface area contributed by atoms with Crippen LogP contribution in [0, 0.1) is 5.92 Å². The molecule has 4 heteroatoms. The molecule has 0 aromatic heterocycles. The molecule has 0 aromatic carbocycles. The Bertz CT molecular complexity index is 120. The molecule has 1 aliphatic heterocycles. The topological polar surface area (TPSA) is 49.7 Å². The maximum absolute atomic E-state index is 9.26. The van der Waals surface area contributed by atoms with Gasteiger partial charge in [0.25, 0.3) is 0 Å². The van der Waals surface area contributed by atoms with Crippen molar-refractivity contribution < 1.29 is 14.9 Å². The van der Waals surface area contributed by atoms with E-state index >= 15 is 0 Å². The summed E-state index contributed by atoms with van der Waals surface area (Å²) < 4.78 is 5.01. The van der Waals surface area contributed by atoms with Crippen molar-refractivity contribution in [2.75, 3.05) is 6.61 Å². The fraction of sp³-hybridized carbons (Fsp3) is 1.00. The molecule has 1 saturated heterocycles. The minimum absolute atomic E-state index is 0.0860. The van der Waals surface area contributed by atoms with Crippen molar-refractivity contribution in [3.05, 3.63) is 0 Å². The van der Waals surface area contributed by atoms with Gasteiger partial charge in [0.15, 0.2) is 0 Å². The normalized spacial score (nSPS) is 47.9. The summed E-state index contributed by atoms with van der Waals surface area (Å²) in [6.45, 7) is 1.63. The lowest BCUT2D eigenvalue weighted by atomic mass is 9.86. The minimum Gasteiger partial charge on any atom is -0.394 e. The molecule has 2 N–H and O–H groups in total. The van der Waals surface area contributed by atoms with Crippen LogP contribution in [0.2, 0.25) is 0 Å². The molecule has 0 bridgehead atoms. The summed E-state index contributed by atoms with van der Waals surface area (Å²) in [7, 11) is 5.44. The molecule has 0 saturated carbocycles. The third-order valence-electron chi connectivity index (χ3n) is 1.95. The Kier molecular flexibility index (Phi) is 2.34. The van der Waals surface area contributed by atoms with Crippen molar-refractivity contribution in [3.63, 3.8) is 0 Å². The highest BCUT2D eigenvalue weighted by molar-refractivity contribution is 6.11. The van der Waals surface area contributed by atoms with Crippen LogP contribution in [0.3, 0.4) is 0 Å². The zero-order chi connectivity index (χ0) is 7.72. The van der Waals surface area contributed by atoms with Gasteiger partial charge in [-0.05, 0) is 0 Å². The van der Waals surface area contributed by atoms with Crippen LogP contribution in [0.15, 0.2) is 0 Å². The van der Waals surface area contributed by atoms with Crippen molar-refractivity contribution in [1.29, 1.82) is 0 Å². The summed E-state index contributed by atoms with van der Waals surface area (Å²) in [6.07, 6.45) is -1.12. The van der Waals surface area contributed by atoms with E-state index in [1.165, 1.54) is 0 Å². The highest BCUT2D eigenvalue weighted by atomic mass is 16.5. The molecule has 3 nitrogen and oxygen atoms in total. The molecule has 2 radical (unpaired) electrons. The van der Waals surface area contributed by atoms with E-state index in [2.05, 4.69) is 0 Å². The van der Waals surface area contributed by atoms with Gasteiger partial charge in [-0.2, -0.15) is 0 Å². The zero-order valence-electron chi connectivity index (χ0n) is 5.90. The van der Waals surface area contributed by atoms with Crippen molar-refractivity contribution in [3.8, 4) is 0 Å². The first kappa shape index (κ1) is 8.05. The quantitative estimate of drug-likeness (QED) is 0.455. The average Bonchev–Trinajstić information content (AvgIpc) is 2.17. The average molecular weight is 142 g/mol. The summed E-state index contributed by atoms with van der Waals surface area (Å²) in [4.78, 5) is 0. The smallest absolute Gasteiger partial charge is 0.109 e. The Morgan fingerprint density at radius 2 is 2.20 bits per heavy atom. The van der Waals surface area contributed by atoms with Crippen LogP contribution < -0.4 is 0 Å². The predicted octanol–water partition coefficient (Wildman–Crippen LogP) is -1.13. The van der Waals surface area contributed by atoms with Gasteiger partial charge in [-0.15, -0.1) is 0 Å². The maximum atomic E-state index is 9.26. The molecule has 1 rings (SSSR count). The van der Waals surface area contributed by atoms with Crippen LogP contribution in [0.4, 0.5) is 0 Å². The van der Waals surface area contributed by atoms with Crippen molar-refractivity contribution in [2.24, 2.45) is 5.92 Å². The fourth-order valence-corrected chi connectivity index (χ4v) is 1.09. The second kappa shape index (κ2) is 2.90. The second-order valence-electron chi connectivity index (χ2n) is 2.67. The van der Waals surface area contributed by atoms with E-state index < -0.39 is 18.2 Å². The molecule has 0 amide bonds. The van der Waals surface area contributed by atoms with E-state index in [0.717, 1.165) is 0 Å². The molecule has 4 atom stereocenters. The number of hydrogen-bond acceptors (Lipinski definition) is 3. The van der Waals surface area contributed by atoms with E-state index in [1.807, 2.05) is 0 Å². The summed E-state index contributed by atoms with van der Waals surface area (Å²) in [5.41, 5.74) is 0. The fourth-order valence-electron chi connectivity index (χ4n) is 1.09. The van der Waals surface area contributed by atoms with Crippen molar-refractivity contribution in [2.45, 2.75) is 25.1 Å². The summed E-state index contributed by atoms with van der Waals surface area (Å²) in [5, 5.41) is 17.9. The first-order chi connectivity index (χ1) is 4.66. The molecule has 0 spiro atoms. The Morgan fingerprint density at radius 1 is 1.60 bits per heavy atom. The van der Waals surface area contributed by atoms with E-state index in [9.17, 15) is 5.11 Å². The van der Waals surface area contributed by atoms with Crippen LogP contribution in [-0.4, -0.2) is 42.9 Å². The Morgan fingerprint density at radius 3 is 2.40 bits per heavy atom. The molecule has 10 heavy (non-hydrogen) atoms. The molecule has 1 unspecified atom stereocenters. The standard InChI is InChI=1S/C6H11BO3/c1-3-5(9)4(2-8)10-6(3)7/h3-6,8-9H,2H2,1H3/t3-,4+,5?,6+/m1/s1. The van der Waals surface area contributed by atoms with Gasteiger partial charge in [0, 0.05) is 11.9 Å². The minimum atomic E-state index is -0.625. The number of aliphatic hydroxyl groups excluding tert-OH is 2. The molecule has 1 fully saturated rings. The summed E-state index contributed by atoms with van der Waals surface area (Å²) in [6, 6.07) is -0.438. The van der Waals surface area contributed by atoms with Gasteiger partial charge in [0.2, 0.25) is 0 Å². The Labute approximate surface area is 61.4 Å². The van der Waals surface area contributed by atoms with Gasteiger partial charge in [0.05, 0.1) is 12.7 Å². The first-order valence-corrected chi connectivity index (χ1v) is 3.36. The largest absolute Gasteiger partial charge is 0.394 e. The van der Waals surface area contributed by atoms with Crippen LogP contribution in [0.1, 0.15) is 6.92 Å². The summed E-state index contributed by atoms with van der Waals surface area (Å²) >= 11 is 0. The number of rotatable bonds is 1. The van der Waals surface area contributed by atoms with Gasteiger partial charge in [-0.1, -0.05) is 6.92 Å². The highest BCUT2D eigenvalue weighted by Gasteiger charge is 2.36. The van der Waals surface area contributed by atoms with Crippen LogP contribution in [0.5, 0.6) is 0 Å². The van der Waals surface area contributed by atoms with Crippen molar-refractivity contribution >= 4 is 7.85 Å².